The van der Waals surface area contributed by atoms with Crippen LogP contribution in [0.3, 0.4) is 0 Å². The van der Waals surface area contributed by atoms with E-state index in [0.717, 1.165) is 5.56 Å². The molecule has 1 saturated carbocycles. The maximum absolute atomic E-state index is 11.1. The Balaban J connectivity index is 2.07. The number of hydrogen-bond donors (Lipinski definition) is 2. The van der Waals surface area contributed by atoms with Crippen LogP contribution in [0, 0.1) is 5.41 Å². The molecule has 1 aliphatic rings. The smallest absolute Gasteiger partial charge is 0.310 e. The number of rotatable bonds is 3. The van der Waals surface area contributed by atoms with Crippen LogP contribution in [-0.4, -0.2) is 17.6 Å². The van der Waals surface area contributed by atoms with E-state index in [1.807, 2.05) is 24.3 Å². The average molecular weight is 240 g/mol. The highest BCUT2D eigenvalue weighted by atomic mass is 35.5. The van der Waals surface area contributed by atoms with Crippen LogP contribution in [-0.2, 0) is 4.79 Å². The molecule has 0 aliphatic heterocycles. The third-order valence-corrected chi connectivity index (χ3v) is 3.71. The van der Waals surface area contributed by atoms with E-state index in [1.165, 1.54) is 0 Å². The monoisotopic (exact) mass is 239 g/mol. The van der Waals surface area contributed by atoms with Crippen molar-refractivity contribution >= 4 is 17.6 Å². The molecular weight excluding hydrogens is 226 g/mol. The zero-order chi connectivity index (χ0) is 11.8. The lowest BCUT2D eigenvalue weighted by atomic mass is 9.60. The fourth-order valence-electron chi connectivity index (χ4n) is 2.28. The van der Waals surface area contributed by atoms with Gasteiger partial charge in [0.25, 0.3) is 0 Å². The number of carbonyl (C=O) groups is 1. The lowest BCUT2D eigenvalue weighted by Crippen LogP contribution is -2.48. The molecule has 16 heavy (non-hydrogen) atoms. The minimum absolute atomic E-state index is 0.215. The lowest BCUT2D eigenvalue weighted by Gasteiger charge is -2.44. The summed E-state index contributed by atoms with van der Waals surface area (Å²) >= 11 is 5.80. The van der Waals surface area contributed by atoms with Gasteiger partial charge >= 0.3 is 5.97 Å². The number of hydrogen-bond acceptors (Lipinski definition) is 2. The molecule has 0 spiro atoms. The molecule has 0 amide bonds. The zero-order valence-corrected chi connectivity index (χ0v) is 9.57. The Kier molecular flexibility index (Phi) is 2.91. The molecular formula is C12H14ClNO2. The Morgan fingerprint density at radius 3 is 2.44 bits per heavy atom. The van der Waals surface area contributed by atoms with Gasteiger partial charge in [-0.2, -0.15) is 0 Å². The zero-order valence-electron chi connectivity index (χ0n) is 8.82. The summed E-state index contributed by atoms with van der Waals surface area (Å²) in [5, 5.41) is 9.79. The van der Waals surface area contributed by atoms with E-state index in [2.05, 4.69) is 0 Å². The van der Waals surface area contributed by atoms with Crippen LogP contribution in [0.25, 0.3) is 0 Å². The molecule has 0 atom stereocenters. The summed E-state index contributed by atoms with van der Waals surface area (Å²) in [4.78, 5) is 11.1. The van der Waals surface area contributed by atoms with Crippen molar-refractivity contribution in [3.8, 4) is 0 Å². The maximum atomic E-state index is 11.1. The second kappa shape index (κ2) is 4.07. The first-order chi connectivity index (χ1) is 7.57. The Bertz CT molecular complexity index is 396. The van der Waals surface area contributed by atoms with Crippen LogP contribution >= 0.6 is 11.6 Å². The number of carboxylic acid groups (broad SMARTS) is 1. The van der Waals surface area contributed by atoms with Gasteiger partial charge in [0.15, 0.2) is 0 Å². The van der Waals surface area contributed by atoms with Crippen LogP contribution in [0.5, 0.6) is 0 Å². The van der Waals surface area contributed by atoms with Crippen molar-refractivity contribution in [3.05, 3.63) is 34.9 Å². The van der Waals surface area contributed by atoms with Crippen LogP contribution in [0.1, 0.15) is 24.3 Å². The maximum Gasteiger partial charge on any atom is 0.310 e. The van der Waals surface area contributed by atoms with Crippen molar-refractivity contribution < 1.29 is 9.90 Å². The van der Waals surface area contributed by atoms with Gasteiger partial charge < -0.3 is 10.8 Å². The van der Waals surface area contributed by atoms with Gasteiger partial charge in [0, 0.05) is 11.6 Å². The molecule has 2 rings (SSSR count). The van der Waals surface area contributed by atoms with Gasteiger partial charge in [-0.05, 0) is 36.5 Å². The second-order valence-electron chi connectivity index (χ2n) is 4.45. The Morgan fingerprint density at radius 1 is 1.44 bits per heavy atom. The quantitative estimate of drug-likeness (QED) is 0.850. The average Bonchev–Trinajstić information content (AvgIpc) is 2.19. The second-order valence-corrected chi connectivity index (χ2v) is 4.88. The summed E-state index contributed by atoms with van der Waals surface area (Å²) in [5.41, 5.74) is 5.98. The fourth-order valence-corrected chi connectivity index (χ4v) is 2.41. The largest absolute Gasteiger partial charge is 0.481 e. The number of carboxylic acids is 1. The summed E-state index contributed by atoms with van der Waals surface area (Å²) in [7, 11) is 0. The first-order valence-corrected chi connectivity index (χ1v) is 5.64. The highest BCUT2D eigenvalue weighted by molar-refractivity contribution is 6.30. The highest BCUT2D eigenvalue weighted by Gasteiger charge is 2.49. The number of halogens is 1. The van der Waals surface area contributed by atoms with Gasteiger partial charge in [-0.15, -0.1) is 0 Å². The van der Waals surface area contributed by atoms with Gasteiger partial charge in [-0.1, -0.05) is 23.7 Å². The summed E-state index contributed by atoms with van der Waals surface area (Å²) in [6.07, 6.45) is 1.25. The third kappa shape index (κ3) is 1.81. The standard InChI is InChI=1S/C12H14ClNO2/c13-10-3-1-8(2-4-10)9-5-12(6-9,7-14)11(15)16/h1-4,9H,5-7,14H2,(H,15,16). The Morgan fingerprint density at radius 2 is 2.00 bits per heavy atom. The van der Waals surface area contributed by atoms with Crippen LogP contribution in [0.2, 0.25) is 5.02 Å². The van der Waals surface area contributed by atoms with Gasteiger partial charge in [-0.3, -0.25) is 4.79 Å². The highest BCUT2D eigenvalue weighted by Crippen LogP contribution is 2.50. The third-order valence-electron chi connectivity index (χ3n) is 3.46. The molecule has 86 valence electrons. The molecule has 0 aromatic heterocycles. The topological polar surface area (TPSA) is 63.3 Å². The van der Waals surface area contributed by atoms with Gasteiger partial charge in [0.2, 0.25) is 0 Å². The van der Waals surface area contributed by atoms with E-state index in [0.29, 0.717) is 23.8 Å². The molecule has 3 nitrogen and oxygen atoms in total. The molecule has 0 unspecified atom stereocenters. The predicted molar refractivity (Wildman–Crippen MR) is 62.6 cm³/mol. The normalized spacial score (nSPS) is 28.5. The van der Waals surface area contributed by atoms with E-state index < -0.39 is 11.4 Å². The molecule has 0 bridgehead atoms. The van der Waals surface area contributed by atoms with E-state index in [4.69, 9.17) is 22.4 Å². The number of benzene rings is 1. The fraction of sp³-hybridized carbons (Fsp3) is 0.417. The van der Waals surface area contributed by atoms with Crippen molar-refractivity contribution in [3.63, 3.8) is 0 Å². The van der Waals surface area contributed by atoms with E-state index in [-0.39, 0.29) is 6.54 Å². The van der Waals surface area contributed by atoms with Gasteiger partial charge in [0.05, 0.1) is 5.41 Å². The summed E-state index contributed by atoms with van der Waals surface area (Å²) in [5.74, 6) is -0.475. The van der Waals surface area contributed by atoms with Crippen molar-refractivity contribution in [1.82, 2.24) is 0 Å². The minimum Gasteiger partial charge on any atom is -0.481 e. The van der Waals surface area contributed by atoms with Crippen molar-refractivity contribution in [2.45, 2.75) is 18.8 Å². The summed E-state index contributed by atoms with van der Waals surface area (Å²) in [6, 6.07) is 7.57. The number of nitrogens with two attached hydrogens (primary N) is 1. The van der Waals surface area contributed by atoms with Gasteiger partial charge in [0.1, 0.15) is 0 Å². The van der Waals surface area contributed by atoms with Crippen LogP contribution in [0.15, 0.2) is 24.3 Å². The summed E-state index contributed by atoms with van der Waals surface area (Å²) in [6.45, 7) is 0.215. The number of aliphatic carboxylic acids is 1. The van der Waals surface area contributed by atoms with Gasteiger partial charge in [-0.25, -0.2) is 0 Å². The predicted octanol–water partition coefficient (Wildman–Crippen LogP) is 2.25. The molecule has 1 aromatic carbocycles. The van der Waals surface area contributed by atoms with E-state index in [9.17, 15) is 4.79 Å². The van der Waals surface area contributed by atoms with Crippen molar-refractivity contribution in [1.29, 1.82) is 0 Å². The molecule has 1 aromatic rings. The molecule has 1 fully saturated rings. The van der Waals surface area contributed by atoms with Crippen LogP contribution < -0.4 is 5.73 Å². The summed E-state index contributed by atoms with van der Waals surface area (Å²) < 4.78 is 0. The van der Waals surface area contributed by atoms with Crippen LogP contribution in [0.4, 0.5) is 0 Å². The SMILES string of the molecule is NCC1(C(=O)O)CC(c2ccc(Cl)cc2)C1. The van der Waals surface area contributed by atoms with E-state index >= 15 is 0 Å². The van der Waals surface area contributed by atoms with Crippen molar-refractivity contribution in [2.24, 2.45) is 11.1 Å². The first-order valence-electron chi connectivity index (χ1n) is 5.26. The molecule has 4 heteroatoms. The molecule has 3 N–H and O–H groups in total. The first kappa shape index (κ1) is 11.4. The lowest BCUT2D eigenvalue weighted by molar-refractivity contribution is -0.154. The van der Waals surface area contributed by atoms with E-state index in [1.54, 1.807) is 0 Å². The molecule has 0 heterocycles. The Labute approximate surface area is 99.2 Å². The van der Waals surface area contributed by atoms with Crippen molar-refractivity contribution in [2.75, 3.05) is 6.54 Å². The molecule has 0 radical (unpaired) electrons. The molecule has 1 aliphatic carbocycles. The Hall–Kier alpha value is -1.06. The molecule has 0 saturated heterocycles. The minimum atomic E-state index is -0.778.